The van der Waals surface area contributed by atoms with Crippen molar-refractivity contribution < 1.29 is 23.6 Å². The molecule has 0 bridgehead atoms. The van der Waals surface area contributed by atoms with E-state index in [4.69, 9.17) is 4.74 Å². The zero-order chi connectivity index (χ0) is 19.3. The van der Waals surface area contributed by atoms with Crippen LogP contribution in [-0.4, -0.2) is 23.4 Å². The number of nitrogens with zero attached hydrogens (tertiary/aromatic N) is 1. The number of amides is 1. The molecule has 0 aliphatic carbocycles. The predicted molar refractivity (Wildman–Crippen MR) is 92.3 cm³/mol. The highest BCUT2D eigenvalue weighted by Gasteiger charge is 2.20. The molecule has 0 spiro atoms. The van der Waals surface area contributed by atoms with E-state index in [1.807, 2.05) is 0 Å². The number of hydrogen-bond donors (Lipinski definition) is 1. The third-order valence-electron chi connectivity index (χ3n) is 3.80. The van der Waals surface area contributed by atoms with E-state index in [1.54, 1.807) is 19.9 Å². The minimum atomic E-state index is -0.686. The van der Waals surface area contributed by atoms with E-state index in [2.05, 4.69) is 5.32 Å². The zero-order valence-electron chi connectivity index (χ0n) is 14.2. The lowest BCUT2D eigenvalue weighted by molar-refractivity contribution is -0.384. The average Bonchev–Trinajstić information content (AvgIpc) is 2.59. The summed E-state index contributed by atoms with van der Waals surface area (Å²) in [4.78, 5) is 34.2. The maximum Gasteiger partial charge on any atom is 0.310 e. The number of benzene rings is 2. The molecule has 1 N–H and O–H groups in total. The van der Waals surface area contributed by atoms with Crippen molar-refractivity contribution in [2.75, 3.05) is 11.9 Å². The Morgan fingerprint density at radius 1 is 1.15 bits per heavy atom. The minimum Gasteiger partial charge on any atom is -0.455 e. The zero-order valence-corrected chi connectivity index (χ0v) is 14.2. The van der Waals surface area contributed by atoms with Gasteiger partial charge in [0.1, 0.15) is 11.5 Å². The summed E-state index contributed by atoms with van der Waals surface area (Å²) in [5, 5.41) is 13.5. The molecule has 0 unspecified atom stereocenters. The number of carbonyl (C=O) groups is 2. The predicted octanol–water partition coefficient (Wildman–Crippen LogP) is 3.08. The number of ether oxygens (including phenoxy) is 1. The highest BCUT2D eigenvalue weighted by Crippen LogP contribution is 2.30. The van der Waals surface area contributed by atoms with Gasteiger partial charge in [-0.3, -0.25) is 19.7 Å². The summed E-state index contributed by atoms with van der Waals surface area (Å²) in [6.45, 7) is 2.83. The van der Waals surface area contributed by atoms with Crippen LogP contribution in [0.1, 0.15) is 16.7 Å². The van der Waals surface area contributed by atoms with Crippen molar-refractivity contribution in [1.29, 1.82) is 0 Å². The van der Waals surface area contributed by atoms with E-state index in [1.165, 1.54) is 30.3 Å². The lowest BCUT2D eigenvalue weighted by Crippen LogP contribution is -2.22. The van der Waals surface area contributed by atoms with Gasteiger partial charge < -0.3 is 10.1 Å². The van der Waals surface area contributed by atoms with Crippen LogP contribution >= 0.6 is 0 Å². The van der Waals surface area contributed by atoms with E-state index in [0.29, 0.717) is 11.1 Å². The quantitative estimate of drug-likeness (QED) is 0.485. The number of hydrogen-bond acceptors (Lipinski definition) is 5. The molecule has 0 aromatic heterocycles. The summed E-state index contributed by atoms with van der Waals surface area (Å²) in [7, 11) is 0. The summed E-state index contributed by atoms with van der Waals surface area (Å²) in [6, 6.07) is 8.21. The Bertz CT molecular complexity index is 849. The van der Waals surface area contributed by atoms with Crippen molar-refractivity contribution >= 4 is 23.3 Å². The van der Waals surface area contributed by atoms with Crippen LogP contribution in [-0.2, 0) is 20.7 Å². The molecular weight excluding hydrogens is 343 g/mol. The van der Waals surface area contributed by atoms with Crippen LogP contribution in [0.2, 0.25) is 0 Å². The number of aryl methyl sites for hydroxylation is 1. The number of esters is 1. The van der Waals surface area contributed by atoms with E-state index in [-0.39, 0.29) is 17.8 Å². The summed E-state index contributed by atoms with van der Waals surface area (Å²) in [5.74, 6) is -1.77. The van der Waals surface area contributed by atoms with Crippen LogP contribution in [0.5, 0.6) is 0 Å². The van der Waals surface area contributed by atoms with Crippen LogP contribution in [0, 0.1) is 29.8 Å². The fraction of sp³-hybridized carbons (Fsp3) is 0.222. The standard InChI is InChI=1S/C18H17FN2O5/c1-11-3-8-15(21(24)25)18(12(11)2)20-16(22)10-26-17(23)9-13-4-6-14(19)7-5-13/h3-8H,9-10H2,1-2H3,(H,20,22). The second-order valence-corrected chi connectivity index (χ2v) is 5.67. The number of nitrogens with one attached hydrogen (secondary N) is 1. The lowest BCUT2D eigenvalue weighted by atomic mass is 10.1. The van der Waals surface area contributed by atoms with Crippen molar-refractivity contribution in [2.24, 2.45) is 0 Å². The van der Waals surface area contributed by atoms with Gasteiger partial charge in [-0.25, -0.2) is 4.39 Å². The second-order valence-electron chi connectivity index (χ2n) is 5.67. The Morgan fingerprint density at radius 3 is 2.42 bits per heavy atom. The van der Waals surface area contributed by atoms with E-state index < -0.39 is 29.2 Å². The highest BCUT2D eigenvalue weighted by molar-refractivity contribution is 5.96. The maximum atomic E-state index is 12.8. The first-order valence-corrected chi connectivity index (χ1v) is 7.72. The first kappa shape index (κ1) is 19.0. The minimum absolute atomic E-state index is 0.0783. The van der Waals surface area contributed by atoms with Crippen molar-refractivity contribution in [1.82, 2.24) is 0 Å². The highest BCUT2D eigenvalue weighted by atomic mass is 19.1. The van der Waals surface area contributed by atoms with Crippen LogP contribution in [0.15, 0.2) is 36.4 Å². The largest absolute Gasteiger partial charge is 0.455 e. The molecule has 0 saturated carbocycles. The van der Waals surface area contributed by atoms with Gasteiger partial charge in [-0.05, 0) is 42.7 Å². The van der Waals surface area contributed by atoms with Crippen LogP contribution < -0.4 is 5.32 Å². The number of nitro benzene ring substituents is 1. The molecule has 26 heavy (non-hydrogen) atoms. The molecule has 7 nitrogen and oxygen atoms in total. The first-order chi connectivity index (χ1) is 12.3. The van der Waals surface area contributed by atoms with Gasteiger partial charge in [0.15, 0.2) is 6.61 Å². The summed E-state index contributed by atoms with van der Waals surface area (Å²) in [5.41, 5.74) is 1.72. The van der Waals surface area contributed by atoms with Gasteiger partial charge in [-0.15, -0.1) is 0 Å². The van der Waals surface area contributed by atoms with Crippen molar-refractivity contribution in [3.8, 4) is 0 Å². The maximum absolute atomic E-state index is 12.8. The molecule has 0 fully saturated rings. The third-order valence-corrected chi connectivity index (χ3v) is 3.80. The Hall–Kier alpha value is -3.29. The number of rotatable bonds is 6. The molecule has 2 aromatic rings. The molecule has 0 aliphatic rings. The summed E-state index contributed by atoms with van der Waals surface area (Å²) < 4.78 is 17.7. The van der Waals surface area contributed by atoms with Gasteiger partial charge in [0.05, 0.1) is 11.3 Å². The van der Waals surface area contributed by atoms with Crippen molar-refractivity contribution in [3.05, 3.63) is 69.0 Å². The fourth-order valence-electron chi connectivity index (χ4n) is 2.25. The average molecular weight is 360 g/mol. The van der Waals surface area contributed by atoms with E-state index >= 15 is 0 Å². The molecule has 8 heteroatoms. The van der Waals surface area contributed by atoms with Gasteiger partial charge in [0, 0.05) is 6.07 Å². The number of halogens is 1. The van der Waals surface area contributed by atoms with Crippen molar-refractivity contribution in [3.63, 3.8) is 0 Å². The molecule has 0 heterocycles. The molecular formula is C18H17FN2O5. The number of carbonyl (C=O) groups excluding carboxylic acids is 2. The summed E-state index contributed by atoms with van der Waals surface area (Å²) >= 11 is 0. The van der Waals surface area contributed by atoms with Gasteiger partial charge in [0.25, 0.3) is 11.6 Å². The van der Waals surface area contributed by atoms with Crippen LogP contribution in [0.4, 0.5) is 15.8 Å². The third kappa shape index (κ3) is 4.85. The van der Waals surface area contributed by atoms with Crippen LogP contribution in [0.25, 0.3) is 0 Å². The summed E-state index contributed by atoms with van der Waals surface area (Å²) in [6.07, 6.45) is -0.114. The Morgan fingerprint density at radius 2 is 1.81 bits per heavy atom. The van der Waals surface area contributed by atoms with E-state index in [9.17, 15) is 24.1 Å². The molecule has 2 rings (SSSR count). The molecule has 0 atom stereocenters. The Labute approximate surface area is 148 Å². The van der Waals surface area contributed by atoms with Gasteiger partial charge in [0.2, 0.25) is 0 Å². The van der Waals surface area contributed by atoms with Crippen LogP contribution in [0.3, 0.4) is 0 Å². The molecule has 2 aromatic carbocycles. The molecule has 136 valence electrons. The van der Waals surface area contributed by atoms with E-state index in [0.717, 1.165) is 5.56 Å². The molecule has 0 radical (unpaired) electrons. The smallest absolute Gasteiger partial charge is 0.310 e. The van der Waals surface area contributed by atoms with Gasteiger partial charge in [-0.2, -0.15) is 0 Å². The lowest BCUT2D eigenvalue weighted by Gasteiger charge is -2.11. The Balaban J connectivity index is 1.97. The normalized spacial score (nSPS) is 10.3. The molecule has 0 aliphatic heterocycles. The van der Waals surface area contributed by atoms with Gasteiger partial charge in [-0.1, -0.05) is 18.2 Å². The topological polar surface area (TPSA) is 98.5 Å². The van der Waals surface area contributed by atoms with Gasteiger partial charge >= 0.3 is 5.97 Å². The first-order valence-electron chi connectivity index (χ1n) is 7.72. The molecule has 0 saturated heterocycles. The molecule has 1 amide bonds. The number of nitro groups is 1. The second kappa shape index (κ2) is 8.19. The monoisotopic (exact) mass is 360 g/mol. The Kier molecular flexibility index (Phi) is 6.00. The SMILES string of the molecule is Cc1ccc([N+](=O)[O-])c(NC(=O)COC(=O)Cc2ccc(F)cc2)c1C. The number of anilines is 1. The fourth-order valence-corrected chi connectivity index (χ4v) is 2.25. The van der Waals surface area contributed by atoms with Crippen molar-refractivity contribution in [2.45, 2.75) is 20.3 Å².